The molecule has 1 aliphatic heterocycles. The van der Waals surface area contributed by atoms with Gasteiger partial charge in [0, 0.05) is 24.7 Å². The van der Waals surface area contributed by atoms with Gasteiger partial charge in [-0.1, -0.05) is 25.0 Å². The van der Waals surface area contributed by atoms with E-state index in [9.17, 15) is 17.6 Å². The molecule has 2 aromatic carbocycles. The highest BCUT2D eigenvalue weighted by molar-refractivity contribution is 7.92. The van der Waals surface area contributed by atoms with Gasteiger partial charge in [0.05, 0.1) is 11.9 Å². The summed E-state index contributed by atoms with van der Waals surface area (Å²) in [5.74, 6) is -0.270. The minimum absolute atomic E-state index is 0.00961. The van der Waals surface area contributed by atoms with Crippen LogP contribution in [0.4, 0.5) is 10.1 Å². The molecule has 0 spiro atoms. The van der Waals surface area contributed by atoms with E-state index in [2.05, 4.69) is 0 Å². The second kappa shape index (κ2) is 8.38. The highest BCUT2D eigenvalue weighted by Crippen LogP contribution is 2.32. The van der Waals surface area contributed by atoms with Crippen molar-refractivity contribution in [3.63, 3.8) is 0 Å². The summed E-state index contributed by atoms with van der Waals surface area (Å²) in [5.41, 5.74) is 3.18. The van der Waals surface area contributed by atoms with Crippen LogP contribution in [0.5, 0.6) is 0 Å². The van der Waals surface area contributed by atoms with Crippen LogP contribution in [-0.2, 0) is 22.9 Å². The van der Waals surface area contributed by atoms with Crippen LogP contribution in [0.1, 0.15) is 47.2 Å². The van der Waals surface area contributed by atoms with Gasteiger partial charge in [0.25, 0.3) is 5.91 Å². The molecule has 1 amide bonds. The highest BCUT2D eigenvalue weighted by atomic mass is 32.2. The lowest BCUT2D eigenvalue weighted by molar-refractivity contribution is 0.0684. The van der Waals surface area contributed by atoms with Gasteiger partial charge in [0.1, 0.15) is 5.82 Å². The van der Waals surface area contributed by atoms with Gasteiger partial charge in [-0.15, -0.1) is 0 Å². The van der Waals surface area contributed by atoms with E-state index in [1.807, 2.05) is 11.0 Å². The van der Waals surface area contributed by atoms with Crippen molar-refractivity contribution in [1.29, 1.82) is 0 Å². The summed E-state index contributed by atoms with van der Waals surface area (Å²) in [5, 5.41) is 0. The van der Waals surface area contributed by atoms with E-state index >= 15 is 0 Å². The maximum atomic E-state index is 13.4. The number of benzene rings is 2. The van der Waals surface area contributed by atoms with Gasteiger partial charge < -0.3 is 4.90 Å². The third-order valence-electron chi connectivity index (χ3n) is 6.16. The molecule has 0 atom stereocenters. The first-order chi connectivity index (χ1) is 14.3. The molecule has 0 radical (unpaired) electrons. The molecule has 1 heterocycles. The number of anilines is 1. The largest absolute Gasteiger partial charge is 0.335 e. The number of halogens is 1. The lowest BCUT2D eigenvalue weighted by Crippen LogP contribution is -2.40. The fourth-order valence-corrected chi connectivity index (χ4v) is 5.54. The Bertz CT molecular complexity index is 1030. The maximum Gasteiger partial charge on any atom is 0.254 e. The molecule has 0 aromatic heterocycles. The Kier molecular flexibility index (Phi) is 5.82. The van der Waals surface area contributed by atoms with Crippen LogP contribution in [0.15, 0.2) is 42.5 Å². The van der Waals surface area contributed by atoms with Crippen LogP contribution < -0.4 is 4.31 Å². The van der Waals surface area contributed by atoms with Crippen LogP contribution in [0.2, 0.25) is 0 Å². The summed E-state index contributed by atoms with van der Waals surface area (Å²) < 4.78 is 38.5. The lowest BCUT2D eigenvalue weighted by Gasteiger charge is -2.29. The standard InChI is InChI=1S/C23H27FN2O3S/c1-30(28,29)26-15-13-18-16-19(8-11-22(18)26)23(27)25(21-4-2-3-5-21)14-12-17-6-9-20(24)10-7-17/h6-11,16,21H,2-5,12-15H2,1H3. The summed E-state index contributed by atoms with van der Waals surface area (Å²) in [7, 11) is -3.31. The Morgan fingerprint density at radius 1 is 1.13 bits per heavy atom. The summed E-state index contributed by atoms with van der Waals surface area (Å²) in [6.07, 6.45) is 6.75. The Hall–Kier alpha value is -2.41. The first-order valence-corrected chi connectivity index (χ1v) is 12.3. The molecular weight excluding hydrogens is 403 g/mol. The number of carbonyl (C=O) groups excluding carboxylic acids is 1. The molecule has 160 valence electrons. The smallest absolute Gasteiger partial charge is 0.254 e. The third-order valence-corrected chi connectivity index (χ3v) is 7.34. The zero-order valence-corrected chi connectivity index (χ0v) is 18.0. The molecule has 1 aliphatic carbocycles. The molecule has 0 bridgehead atoms. The van der Waals surface area contributed by atoms with Crippen molar-refractivity contribution in [1.82, 2.24) is 4.90 Å². The zero-order chi connectivity index (χ0) is 21.3. The van der Waals surface area contributed by atoms with Crippen molar-refractivity contribution in [2.75, 3.05) is 23.7 Å². The molecule has 5 nitrogen and oxygen atoms in total. The molecule has 30 heavy (non-hydrogen) atoms. The van der Waals surface area contributed by atoms with E-state index in [0.29, 0.717) is 37.2 Å². The van der Waals surface area contributed by atoms with Crippen LogP contribution in [0, 0.1) is 5.82 Å². The second-order valence-corrected chi connectivity index (χ2v) is 10.1. The van der Waals surface area contributed by atoms with Crippen molar-refractivity contribution in [3.05, 3.63) is 65.0 Å². The maximum absolute atomic E-state index is 13.4. The lowest BCUT2D eigenvalue weighted by atomic mass is 10.0. The van der Waals surface area contributed by atoms with E-state index in [1.54, 1.807) is 24.3 Å². The number of hydrogen-bond acceptors (Lipinski definition) is 3. The van der Waals surface area contributed by atoms with Crippen LogP contribution in [-0.4, -0.2) is 44.6 Å². The molecule has 1 fully saturated rings. The number of rotatable bonds is 6. The average Bonchev–Trinajstić information content (AvgIpc) is 3.38. The molecule has 0 saturated heterocycles. The van der Waals surface area contributed by atoms with Crippen LogP contribution >= 0.6 is 0 Å². The number of sulfonamides is 1. The molecular formula is C23H27FN2O3S. The van der Waals surface area contributed by atoms with Crippen LogP contribution in [0.25, 0.3) is 0 Å². The summed E-state index contributed by atoms with van der Waals surface area (Å²) in [6.45, 7) is 1.00. The topological polar surface area (TPSA) is 57.7 Å². The molecule has 0 unspecified atom stereocenters. The molecule has 2 aliphatic rings. The van der Waals surface area contributed by atoms with Gasteiger partial charge in [-0.25, -0.2) is 12.8 Å². The van der Waals surface area contributed by atoms with Gasteiger partial charge in [0.15, 0.2) is 0 Å². The fourth-order valence-electron chi connectivity index (χ4n) is 4.58. The Balaban J connectivity index is 1.55. The number of amides is 1. The monoisotopic (exact) mass is 430 g/mol. The number of hydrogen-bond donors (Lipinski definition) is 0. The number of carbonyl (C=O) groups is 1. The third kappa shape index (κ3) is 4.36. The van der Waals surface area contributed by atoms with Crippen molar-refractivity contribution < 1.29 is 17.6 Å². The van der Waals surface area contributed by atoms with Crippen molar-refractivity contribution in [3.8, 4) is 0 Å². The summed E-state index contributed by atoms with van der Waals surface area (Å²) >= 11 is 0. The Morgan fingerprint density at radius 2 is 1.83 bits per heavy atom. The Labute approximate surface area is 177 Å². The van der Waals surface area contributed by atoms with Gasteiger partial charge in [-0.3, -0.25) is 9.10 Å². The SMILES string of the molecule is CS(=O)(=O)N1CCc2cc(C(=O)N(CCc3ccc(F)cc3)C3CCCC3)ccc21. The predicted octanol–water partition coefficient (Wildman–Crippen LogP) is 3.78. The minimum atomic E-state index is -3.31. The summed E-state index contributed by atoms with van der Waals surface area (Å²) in [6, 6.07) is 12.0. The first kappa shape index (κ1) is 20.8. The first-order valence-electron chi connectivity index (χ1n) is 10.5. The molecule has 4 rings (SSSR count). The van der Waals surface area contributed by atoms with E-state index in [0.717, 1.165) is 36.8 Å². The summed E-state index contributed by atoms with van der Waals surface area (Å²) in [4.78, 5) is 15.4. The van der Waals surface area contributed by atoms with Crippen molar-refractivity contribution in [2.24, 2.45) is 0 Å². The molecule has 0 N–H and O–H groups in total. The Morgan fingerprint density at radius 3 is 2.50 bits per heavy atom. The highest BCUT2D eigenvalue weighted by Gasteiger charge is 2.30. The van der Waals surface area contributed by atoms with Crippen molar-refractivity contribution >= 4 is 21.6 Å². The molecule has 7 heteroatoms. The fraction of sp³-hybridized carbons (Fsp3) is 0.435. The normalized spacial score (nSPS) is 16.7. The van der Waals surface area contributed by atoms with E-state index in [4.69, 9.17) is 0 Å². The van der Waals surface area contributed by atoms with Gasteiger partial charge in [0.2, 0.25) is 10.0 Å². The number of nitrogens with zero attached hydrogens (tertiary/aromatic N) is 2. The average molecular weight is 431 g/mol. The molecule has 2 aromatic rings. The van der Waals surface area contributed by atoms with Crippen molar-refractivity contribution in [2.45, 2.75) is 44.6 Å². The predicted molar refractivity (Wildman–Crippen MR) is 116 cm³/mol. The number of fused-ring (bicyclic) bond motifs is 1. The van der Waals surface area contributed by atoms with E-state index in [1.165, 1.54) is 22.7 Å². The van der Waals surface area contributed by atoms with Gasteiger partial charge in [-0.2, -0.15) is 0 Å². The van der Waals surface area contributed by atoms with Gasteiger partial charge in [-0.05, 0) is 67.1 Å². The molecule has 1 saturated carbocycles. The van der Waals surface area contributed by atoms with E-state index in [-0.39, 0.29) is 17.8 Å². The van der Waals surface area contributed by atoms with Gasteiger partial charge >= 0.3 is 0 Å². The zero-order valence-electron chi connectivity index (χ0n) is 17.2. The van der Waals surface area contributed by atoms with E-state index < -0.39 is 10.0 Å². The quantitative estimate of drug-likeness (QED) is 0.701. The second-order valence-electron chi connectivity index (χ2n) is 8.24. The minimum Gasteiger partial charge on any atom is -0.335 e. The van der Waals surface area contributed by atoms with Crippen LogP contribution in [0.3, 0.4) is 0 Å².